The topological polar surface area (TPSA) is 55.6 Å². The van der Waals surface area contributed by atoms with Crippen LogP contribution in [0.25, 0.3) is 0 Å². The molecule has 1 saturated heterocycles. The Morgan fingerprint density at radius 3 is 2.60 bits per heavy atom. The van der Waals surface area contributed by atoms with Gasteiger partial charge in [-0.2, -0.15) is 0 Å². The van der Waals surface area contributed by atoms with Crippen LogP contribution in [0.2, 0.25) is 0 Å². The van der Waals surface area contributed by atoms with Crippen molar-refractivity contribution in [1.82, 2.24) is 4.90 Å². The Balaban J connectivity index is 0.00000225. The number of nitrogens with two attached hydrogens (primary N) is 1. The van der Waals surface area contributed by atoms with Gasteiger partial charge in [-0.15, -0.1) is 12.4 Å². The van der Waals surface area contributed by atoms with E-state index in [0.717, 1.165) is 37.1 Å². The Kier molecular flexibility index (Phi) is 6.75. The molecule has 1 aliphatic carbocycles. The van der Waals surface area contributed by atoms with Gasteiger partial charge >= 0.3 is 0 Å². The molecule has 25 heavy (non-hydrogen) atoms. The molecule has 1 amide bonds. The van der Waals surface area contributed by atoms with Crippen LogP contribution >= 0.6 is 12.4 Å². The molecule has 0 aromatic heterocycles. The first-order chi connectivity index (χ1) is 11.5. The minimum absolute atomic E-state index is 0. The molecule has 140 valence electrons. The van der Waals surface area contributed by atoms with Crippen LogP contribution < -0.4 is 10.5 Å². The Bertz CT molecular complexity index is 585. The van der Waals surface area contributed by atoms with Crippen molar-refractivity contribution in [1.29, 1.82) is 0 Å². The molecule has 1 aromatic carbocycles. The highest BCUT2D eigenvalue weighted by atomic mass is 35.5. The number of amides is 1. The van der Waals surface area contributed by atoms with E-state index >= 15 is 0 Å². The fraction of sp³-hybridized carbons (Fsp3) is 0.650. The van der Waals surface area contributed by atoms with Crippen LogP contribution in [0.5, 0.6) is 5.75 Å². The lowest BCUT2D eigenvalue weighted by atomic mass is 9.79. The summed E-state index contributed by atoms with van der Waals surface area (Å²) in [7, 11) is 0. The molecule has 1 unspecified atom stereocenters. The number of rotatable bonds is 3. The van der Waals surface area contributed by atoms with Crippen molar-refractivity contribution in [2.75, 3.05) is 13.1 Å². The second-order valence-electron chi connectivity index (χ2n) is 8.02. The van der Waals surface area contributed by atoms with E-state index in [-0.39, 0.29) is 29.8 Å². The molecular weight excluding hydrogens is 336 g/mol. The molecule has 1 heterocycles. The second kappa shape index (κ2) is 8.41. The van der Waals surface area contributed by atoms with Gasteiger partial charge in [0.1, 0.15) is 5.75 Å². The second-order valence-corrected chi connectivity index (χ2v) is 8.02. The van der Waals surface area contributed by atoms with Crippen LogP contribution in [0.15, 0.2) is 24.3 Å². The Labute approximate surface area is 157 Å². The summed E-state index contributed by atoms with van der Waals surface area (Å²) in [4.78, 5) is 14.8. The lowest BCUT2D eigenvalue weighted by Gasteiger charge is -2.42. The predicted molar refractivity (Wildman–Crippen MR) is 103 cm³/mol. The molecule has 4 nitrogen and oxygen atoms in total. The number of nitrogens with zero attached hydrogens (tertiary/aromatic N) is 1. The molecule has 1 atom stereocenters. The summed E-state index contributed by atoms with van der Waals surface area (Å²) in [6.45, 7) is 5.72. The van der Waals surface area contributed by atoms with Crippen molar-refractivity contribution >= 4 is 18.3 Å². The van der Waals surface area contributed by atoms with Gasteiger partial charge < -0.3 is 15.4 Å². The highest BCUT2D eigenvalue weighted by Gasteiger charge is 2.35. The number of hydrogen-bond acceptors (Lipinski definition) is 3. The molecule has 0 spiro atoms. The van der Waals surface area contributed by atoms with E-state index in [9.17, 15) is 4.79 Å². The van der Waals surface area contributed by atoms with Gasteiger partial charge in [0.25, 0.3) is 5.91 Å². The Hall–Kier alpha value is -1.26. The van der Waals surface area contributed by atoms with Crippen molar-refractivity contribution < 1.29 is 9.53 Å². The summed E-state index contributed by atoms with van der Waals surface area (Å²) in [5, 5.41) is 0. The highest BCUT2D eigenvalue weighted by molar-refractivity contribution is 5.94. The van der Waals surface area contributed by atoms with Gasteiger partial charge in [0.05, 0.1) is 6.10 Å². The van der Waals surface area contributed by atoms with Gasteiger partial charge in [0.2, 0.25) is 0 Å². The van der Waals surface area contributed by atoms with Gasteiger partial charge in [0.15, 0.2) is 0 Å². The summed E-state index contributed by atoms with van der Waals surface area (Å²) in [5.74, 6) is 0.907. The van der Waals surface area contributed by atoms with E-state index in [1.165, 1.54) is 19.3 Å². The third-order valence-electron chi connectivity index (χ3n) is 5.54. The van der Waals surface area contributed by atoms with Crippen molar-refractivity contribution in [2.45, 2.75) is 64.5 Å². The maximum atomic E-state index is 12.9. The summed E-state index contributed by atoms with van der Waals surface area (Å²) in [6.07, 6.45) is 7.20. The fourth-order valence-corrected chi connectivity index (χ4v) is 3.81. The molecule has 0 bridgehead atoms. The van der Waals surface area contributed by atoms with Crippen LogP contribution in [-0.4, -0.2) is 36.0 Å². The van der Waals surface area contributed by atoms with Gasteiger partial charge in [-0.05, 0) is 55.7 Å². The molecule has 2 N–H and O–H groups in total. The van der Waals surface area contributed by atoms with E-state index < -0.39 is 0 Å². The van der Waals surface area contributed by atoms with E-state index in [4.69, 9.17) is 10.5 Å². The number of likely N-dealkylation sites (tertiary alicyclic amines) is 1. The maximum absolute atomic E-state index is 12.9. The highest BCUT2D eigenvalue weighted by Crippen LogP contribution is 2.29. The van der Waals surface area contributed by atoms with E-state index in [2.05, 4.69) is 13.8 Å². The van der Waals surface area contributed by atoms with Gasteiger partial charge in [-0.3, -0.25) is 4.79 Å². The van der Waals surface area contributed by atoms with Gasteiger partial charge in [-0.25, -0.2) is 0 Å². The number of ether oxygens (including phenoxy) is 1. The molecular formula is C20H31ClN2O2. The minimum atomic E-state index is -0.0376. The molecule has 2 fully saturated rings. The Morgan fingerprint density at radius 2 is 1.92 bits per heavy atom. The molecule has 2 aliphatic rings. The lowest BCUT2D eigenvalue weighted by Crippen LogP contribution is -2.54. The van der Waals surface area contributed by atoms with E-state index in [0.29, 0.717) is 12.6 Å². The number of benzene rings is 1. The zero-order chi connectivity index (χ0) is 17.2. The Morgan fingerprint density at radius 1 is 1.20 bits per heavy atom. The minimum Gasteiger partial charge on any atom is -0.490 e. The van der Waals surface area contributed by atoms with Crippen LogP contribution in [0.1, 0.15) is 62.7 Å². The number of carbonyl (C=O) groups excluding carboxylic acids is 1. The van der Waals surface area contributed by atoms with Crippen molar-refractivity contribution in [3.05, 3.63) is 29.8 Å². The van der Waals surface area contributed by atoms with Crippen LogP contribution in [0.4, 0.5) is 0 Å². The molecule has 1 aromatic rings. The summed E-state index contributed by atoms with van der Waals surface area (Å²) >= 11 is 0. The predicted octanol–water partition coefficient (Wildman–Crippen LogP) is 4.02. The van der Waals surface area contributed by atoms with Crippen molar-refractivity contribution in [3.63, 3.8) is 0 Å². The van der Waals surface area contributed by atoms with Crippen molar-refractivity contribution in [3.8, 4) is 5.75 Å². The zero-order valence-corrected chi connectivity index (χ0v) is 16.2. The largest absolute Gasteiger partial charge is 0.490 e. The third kappa shape index (κ3) is 4.89. The summed E-state index contributed by atoms with van der Waals surface area (Å²) < 4.78 is 6.10. The fourth-order valence-electron chi connectivity index (χ4n) is 3.81. The van der Waals surface area contributed by atoms with Crippen LogP contribution in [-0.2, 0) is 0 Å². The maximum Gasteiger partial charge on any atom is 0.254 e. The number of halogens is 1. The smallest absolute Gasteiger partial charge is 0.254 e. The average molecular weight is 367 g/mol. The zero-order valence-electron chi connectivity index (χ0n) is 15.4. The quantitative estimate of drug-likeness (QED) is 0.878. The molecule has 5 heteroatoms. The van der Waals surface area contributed by atoms with Gasteiger partial charge in [0, 0.05) is 24.7 Å². The SMILES string of the molecule is CC1(C)CN(C(=O)c2cccc(OC3CCCCC3)c2)CCC1N.Cl. The van der Waals surface area contributed by atoms with Gasteiger partial charge in [-0.1, -0.05) is 26.3 Å². The molecule has 1 saturated carbocycles. The first-order valence-electron chi connectivity index (χ1n) is 9.27. The molecule has 1 aliphatic heterocycles. The van der Waals surface area contributed by atoms with Crippen LogP contribution in [0, 0.1) is 5.41 Å². The monoisotopic (exact) mass is 366 g/mol. The summed E-state index contributed by atoms with van der Waals surface area (Å²) in [5.41, 5.74) is 6.86. The number of carbonyl (C=O) groups is 1. The average Bonchev–Trinajstić information content (AvgIpc) is 2.58. The molecule has 3 rings (SSSR count). The first kappa shape index (κ1) is 20.1. The normalized spacial score (nSPS) is 23.6. The number of piperidine rings is 1. The van der Waals surface area contributed by atoms with E-state index in [1.54, 1.807) is 0 Å². The summed E-state index contributed by atoms with van der Waals surface area (Å²) in [6, 6.07) is 7.83. The van der Waals surface area contributed by atoms with Crippen molar-refractivity contribution in [2.24, 2.45) is 11.1 Å². The van der Waals surface area contributed by atoms with E-state index in [1.807, 2.05) is 29.2 Å². The molecule has 0 radical (unpaired) electrons. The standard InChI is InChI=1S/C20H30N2O2.ClH/c1-20(2)14-22(12-11-18(20)21)19(23)15-7-6-10-17(13-15)24-16-8-4-3-5-9-16;/h6-7,10,13,16,18H,3-5,8-9,11-12,14,21H2,1-2H3;1H. The van der Waals surface area contributed by atoms with Crippen LogP contribution in [0.3, 0.4) is 0 Å². The first-order valence-corrected chi connectivity index (χ1v) is 9.27. The lowest BCUT2D eigenvalue weighted by molar-refractivity contribution is 0.0532. The third-order valence-corrected chi connectivity index (χ3v) is 5.54. The number of hydrogen-bond donors (Lipinski definition) is 1.